The zero-order chi connectivity index (χ0) is 18.5. The third-order valence-corrected chi connectivity index (χ3v) is 6.03. The Morgan fingerprint density at radius 3 is 2.52 bits per heavy atom. The summed E-state index contributed by atoms with van der Waals surface area (Å²) in [5.74, 6) is 0.614. The summed E-state index contributed by atoms with van der Waals surface area (Å²) in [5, 5.41) is 5.88. The fourth-order valence-electron chi connectivity index (χ4n) is 3.65. The Balaban J connectivity index is 1.35. The van der Waals surface area contributed by atoms with Crippen molar-refractivity contribution in [3.8, 4) is 11.3 Å². The number of benzene rings is 1. The molecule has 1 saturated carbocycles. The summed E-state index contributed by atoms with van der Waals surface area (Å²) in [6.07, 6.45) is 10.1. The Labute approximate surface area is 163 Å². The number of hydrogen-bond donors (Lipinski definition) is 1. The molecule has 1 N–H and O–H groups in total. The van der Waals surface area contributed by atoms with Crippen molar-refractivity contribution in [2.45, 2.75) is 44.6 Å². The van der Waals surface area contributed by atoms with Crippen LogP contribution in [0.1, 0.15) is 59.0 Å². The minimum absolute atomic E-state index is 0.0501. The Kier molecular flexibility index (Phi) is 5.58. The van der Waals surface area contributed by atoms with Crippen LogP contribution >= 0.6 is 11.3 Å². The summed E-state index contributed by atoms with van der Waals surface area (Å²) >= 11 is 1.56. The second-order valence-corrected chi connectivity index (χ2v) is 7.94. The van der Waals surface area contributed by atoms with Gasteiger partial charge in [-0.2, -0.15) is 0 Å². The zero-order valence-corrected chi connectivity index (χ0v) is 16.0. The van der Waals surface area contributed by atoms with Crippen molar-refractivity contribution >= 4 is 17.2 Å². The van der Waals surface area contributed by atoms with Crippen molar-refractivity contribution < 1.29 is 4.79 Å². The maximum Gasteiger partial charge on any atom is 0.251 e. The first-order valence-electron chi connectivity index (χ1n) is 9.52. The number of nitrogens with zero attached hydrogens (tertiary/aromatic N) is 2. The number of pyridine rings is 1. The maximum atomic E-state index is 12.4. The number of hydrogen-bond acceptors (Lipinski definition) is 4. The van der Waals surface area contributed by atoms with Crippen LogP contribution in [0.2, 0.25) is 0 Å². The third kappa shape index (κ3) is 4.42. The van der Waals surface area contributed by atoms with Gasteiger partial charge in [0.05, 0.1) is 12.2 Å². The van der Waals surface area contributed by atoms with Crippen molar-refractivity contribution in [3.63, 3.8) is 0 Å². The summed E-state index contributed by atoms with van der Waals surface area (Å²) in [6, 6.07) is 12.0. The van der Waals surface area contributed by atoms with Gasteiger partial charge in [0.2, 0.25) is 0 Å². The molecule has 0 unspecified atom stereocenters. The molecule has 1 fully saturated rings. The molecule has 5 heteroatoms. The van der Waals surface area contributed by atoms with Gasteiger partial charge in [0.1, 0.15) is 5.01 Å². The van der Waals surface area contributed by atoms with E-state index >= 15 is 0 Å². The Bertz CT molecular complexity index is 883. The number of nitrogens with one attached hydrogen (secondary N) is 1. The van der Waals surface area contributed by atoms with E-state index in [1.807, 2.05) is 29.6 Å². The number of rotatable bonds is 5. The summed E-state index contributed by atoms with van der Waals surface area (Å²) < 4.78 is 0. The summed E-state index contributed by atoms with van der Waals surface area (Å²) in [6.45, 7) is 0.443. The molecule has 1 aromatic carbocycles. The Morgan fingerprint density at radius 2 is 1.78 bits per heavy atom. The first kappa shape index (κ1) is 17.9. The minimum Gasteiger partial charge on any atom is -0.346 e. The highest BCUT2D eigenvalue weighted by Crippen LogP contribution is 2.32. The largest absolute Gasteiger partial charge is 0.346 e. The van der Waals surface area contributed by atoms with E-state index < -0.39 is 0 Å². The van der Waals surface area contributed by atoms with Gasteiger partial charge in [-0.15, -0.1) is 11.3 Å². The molecule has 2 heterocycles. The van der Waals surface area contributed by atoms with Crippen LogP contribution in [0, 0.1) is 0 Å². The predicted octanol–water partition coefficient (Wildman–Crippen LogP) is 5.18. The van der Waals surface area contributed by atoms with E-state index in [4.69, 9.17) is 0 Å². The van der Waals surface area contributed by atoms with Crippen LogP contribution in [0.3, 0.4) is 0 Å². The van der Waals surface area contributed by atoms with Crippen molar-refractivity contribution in [2.75, 3.05) is 0 Å². The van der Waals surface area contributed by atoms with Crippen LogP contribution in [0.15, 0.2) is 54.2 Å². The van der Waals surface area contributed by atoms with Gasteiger partial charge in [0, 0.05) is 28.9 Å². The van der Waals surface area contributed by atoms with E-state index in [1.54, 1.807) is 23.7 Å². The molecule has 0 saturated heterocycles. The molecular formula is C22H23N3OS. The molecule has 4 nitrogen and oxygen atoms in total. The minimum atomic E-state index is -0.0501. The monoisotopic (exact) mass is 377 g/mol. The van der Waals surface area contributed by atoms with Crippen LogP contribution in [-0.4, -0.2) is 15.9 Å². The van der Waals surface area contributed by atoms with Gasteiger partial charge in [0.25, 0.3) is 5.91 Å². The van der Waals surface area contributed by atoms with Crippen LogP contribution < -0.4 is 5.32 Å². The predicted molar refractivity (Wildman–Crippen MR) is 109 cm³/mol. The normalized spacial score (nSPS) is 14.8. The number of carbonyl (C=O) groups excluding carboxylic acids is 1. The Morgan fingerprint density at radius 1 is 1.04 bits per heavy atom. The highest BCUT2D eigenvalue weighted by molar-refractivity contribution is 7.09. The van der Waals surface area contributed by atoms with E-state index in [1.165, 1.54) is 37.7 Å². The average Bonchev–Trinajstić information content (AvgIpc) is 3.22. The number of carbonyl (C=O) groups is 1. The van der Waals surface area contributed by atoms with Crippen LogP contribution in [-0.2, 0) is 6.54 Å². The maximum absolute atomic E-state index is 12.4. The van der Waals surface area contributed by atoms with Gasteiger partial charge in [-0.25, -0.2) is 4.98 Å². The topological polar surface area (TPSA) is 54.9 Å². The number of amides is 1. The van der Waals surface area contributed by atoms with E-state index in [2.05, 4.69) is 27.4 Å². The molecule has 1 aliphatic carbocycles. The van der Waals surface area contributed by atoms with E-state index in [-0.39, 0.29) is 5.91 Å². The smallest absolute Gasteiger partial charge is 0.251 e. The molecule has 3 aromatic rings. The number of thiazole rings is 1. The highest BCUT2D eigenvalue weighted by atomic mass is 32.1. The van der Waals surface area contributed by atoms with Gasteiger partial charge >= 0.3 is 0 Å². The van der Waals surface area contributed by atoms with Gasteiger partial charge in [-0.1, -0.05) is 31.4 Å². The standard InChI is InChI=1S/C22H23N3OS/c26-22(19-8-6-17(7-9-19)16-4-2-1-3-5-16)24-14-21-25-20(15-27-21)18-10-12-23-13-11-18/h6-13,15-16H,1-5,14H2,(H,24,26). The molecular weight excluding hydrogens is 354 g/mol. The van der Waals surface area contributed by atoms with Gasteiger partial charge in [0.15, 0.2) is 0 Å². The fraction of sp³-hybridized carbons (Fsp3) is 0.318. The molecule has 0 atom stereocenters. The lowest BCUT2D eigenvalue weighted by Gasteiger charge is -2.22. The molecule has 0 bridgehead atoms. The van der Waals surface area contributed by atoms with Crippen molar-refractivity contribution in [1.29, 1.82) is 0 Å². The quantitative estimate of drug-likeness (QED) is 0.666. The van der Waals surface area contributed by atoms with Crippen LogP contribution in [0.5, 0.6) is 0 Å². The first-order valence-corrected chi connectivity index (χ1v) is 10.4. The summed E-state index contributed by atoms with van der Waals surface area (Å²) in [7, 11) is 0. The lowest BCUT2D eigenvalue weighted by molar-refractivity contribution is 0.0951. The second kappa shape index (κ2) is 8.44. The van der Waals surface area contributed by atoms with Crippen molar-refractivity contribution in [2.24, 2.45) is 0 Å². The van der Waals surface area contributed by atoms with E-state index in [0.29, 0.717) is 18.0 Å². The molecule has 0 aliphatic heterocycles. The zero-order valence-electron chi connectivity index (χ0n) is 15.2. The van der Waals surface area contributed by atoms with E-state index in [0.717, 1.165) is 16.3 Å². The number of aromatic nitrogens is 2. The summed E-state index contributed by atoms with van der Waals surface area (Å²) in [4.78, 5) is 21.1. The van der Waals surface area contributed by atoms with Crippen molar-refractivity contribution in [1.82, 2.24) is 15.3 Å². The summed E-state index contributed by atoms with van der Waals surface area (Å²) in [5.41, 5.74) is 4.04. The van der Waals surface area contributed by atoms with Crippen LogP contribution in [0.25, 0.3) is 11.3 Å². The second-order valence-electron chi connectivity index (χ2n) is 7.00. The molecule has 27 heavy (non-hydrogen) atoms. The van der Waals surface area contributed by atoms with Gasteiger partial charge in [-0.05, 0) is 48.6 Å². The fourth-order valence-corrected chi connectivity index (χ4v) is 4.39. The molecule has 0 spiro atoms. The molecule has 0 radical (unpaired) electrons. The molecule has 4 rings (SSSR count). The molecule has 1 aliphatic rings. The van der Waals surface area contributed by atoms with Gasteiger partial charge in [-0.3, -0.25) is 9.78 Å². The van der Waals surface area contributed by atoms with Crippen molar-refractivity contribution in [3.05, 3.63) is 70.3 Å². The van der Waals surface area contributed by atoms with E-state index in [9.17, 15) is 4.79 Å². The lowest BCUT2D eigenvalue weighted by atomic mass is 9.84. The average molecular weight is 378 g/mol. The Hall–Kier alpha value is -2.53. The molecule has 2 aromatic heterocycles. The SMILES string of the molecule is O=C(NCc1nc(-c2ccncc2)cs1)c1ccc(C2CCCCC2)cc1. The molecule has 1 amide bonds. The lowest BCUT2D eigenvalue weighted by Crippen LogP contribution is -2.22. The third-order valence-electron chi connectivity index (χ3n) is 5.18. The highest BCUT2D eigenvalue weighted by Gasteiger charge is 2.16. The van der Waals surface area contributed by atoms with Crippen LogP contribution in [0.4, 0.5) is 0 Å². The molecule has 138 valence electrons. The van der Waals surface area contributed by atoms with Gasteiger partial charge < -0.3 is 5.32 Å². The first-order chi connectivity index (χ1) is 13.3.